The molecule has 110 valence electrons. The normalized spacial score (nSPS) is 22.9. The number of hydrogen-bond donors (Lipinski definition) is 2. The Morgan fingerprint density at radius 3 is 2.70 bits per heavy atom. The average Bonchev–Trinajstić information content (AvgIpc) is 2.77. The molecule has 20 heavy (non-hydrogen) atoms. The van der Waals surface area contributed by atoms with E-state index in [1.807, 2.05) is 6.92 Å². The Labute approximate surface area is 126 Å². The van der Waals surface area contributed by atoms with Crippen LogP contribution in [0.3, 0.4) is 0 Å². The Morgan fingerprint density at radius 1 is 1.50 bits per heavy atom. The fourth-order valence-electron chi connectivity index (χ4n) is 2.56. The molecule has 1 aliphatic rings. The number of halogens is 2. The molecule has 1 fully saturated rings. The molecule has 0 aliphatic carbocycles. The van der Waals surface area contributed by atoms with E-state index in [0.29, 0.717) is 18.9 Å². The molecule has 7 heteroatoms. The molecule has 2 atom stereocenters. The van der Waals surface area contributed by atoms with Crippen LogP contribution in [-0.4, -0.2) is 39.5 Å². The van der Waals surface area contributed by atoms with Crippen LogP contribution in [0.5, 0.6) is 0 Å². The van der Waals surface area contributed by atoms with Crippen molar-refractivity contribution in [2.24, 2.45) is 5.92 Å². The fourth-order valence-corrected chi connectivity index (χ4v) is 2.87. The quantitative estimate of drug-likeness (QED) is 0.899. The third kappa shape index (κ3) is 2.94. The van der Waals surface area contributed by atoms with Gasteiger partial charge in [-0.05, 0) is 24.8 Å². The lowest BCUT2D eigenvalue weighted by molar-refractivity contribution is -0.144. The highest BCUT2D eigenvalue weighted by Gasteiger charge is 2.36. The van der Waals surface area contributed by atoms with E-state index in [1.165, 1.54) is 11.0 Å². The van der Waals surface area contributed by atoms with Gasteiger partial charge in [0.25, 0.3) is 5.91 Å². The van der Waals surface area contributed by atoms with E-state index in [-0.39, 0.29) is 21.8 Å². The Morgan fingerprint density at radius 2 is 2.20 bits per heavy atom. The molecule has 2 rings (SSSR count). The SMILES string of the molecule is CCC1CCN(C(=O)c2cc(Cl)c(Cl)[nH]2)C(C(=O)O)C1. The van der Waals surface area contributed by atoms with Gasteiger partial charge in [-0.1, -0.05) is 36.5 Å². The first-order chi connectivity index (χ1) is 9.43. The van der Waals surface area contributed by atoms with Crippen molar-refractivity contribution >= 4 is 35.1 Å². The van der Waals surface area contributed by atoms with Gasteiger partial charge in [0.1, 0.15) is 16.9 Å². The number of carboxylic acids is 1. The Kier molecular flexibility index (Phi) is 4.60. The van der Waals surface area contributed by atoms with E-state index in [2.05, 4.69) is 4.98 Å². The molecule has 1 aromatic heterocycles. The maximum Gasteiger partial charge on any atom is 0.326 e. The van der Waals surface area contributed by atoms with Crippen molar-refractivity contribution in [1.29, 1.82) is 0 Å². The maximum atomic E-state index is 12.4. The highest BCUT2D eigenvalue weighted by atomic mass is 35.5. The molecule has 0 saturated carbocycles. The largest absolute Gasteiger partial charge is 0.480 e. The highest BCUT2D eigenvalue weighted by Crippen LogP contribution is 2.28. The lowest BCUT2D eigenvalue weighted by atomic mass is 9.88. The Balaban J connectivity index is 2.21. The number of aliphatic carboxylic acids is 1. The van der Waals surface area contributed by atoms with Gasteiger partial charge >= 0.3 is 5.97 Å². The molecule has 2 heterocycles. The van der Waals surface area contributed by atoms with E-state index in [0.717, 1.165) is 12.8 Å². The number of rotatable bonds is 3. The summed E-state index contributed by atoms with van der Waals surface area (Å²) >= 11 is 11.6. The first kappa shape index (κ1) is 15.2. The van der Waals surface area contributed by atoms with Gasteiger partial charge in [-0.15, -0.1) is 0 Å². The lowest BCUT2D eigenvalue weighted by Crippen LogP contribution is -2.50. The van der Waals surface area contributed by atoms with E-state index < -0.39 is 12.0 Å². The first-order valence-corrected chi connectivity index (χ1v) is 7.27. The molecule has 0 spiro atoms. The number of aromatic nitrogens is 1. The number of nitrogens with zero attached hydrogens (tertiary/aromatic N) is 1. The molecular formula is C13H16Cl2N2O3. The van der Waals surface area contributed by atoms with Crippen molar-refractivity contribution in [2.45, 2.75) is 32.2 Å². The molecule has 1 saturated heterocycles. The fraction of sp³-hybridized carbons (Fsp3) is 0.538. The van der Waals surface area contributed by atoms with Gasteiger partial charge in [0.05, 0.1) is 5.02 Å². The number of nitrogens with one attached hydrogen (secondary N) is 1. The number of carbonyl (C=O) groups is 2. The Bertz CT molecular complexity index is 510. The lowest BCUT2D eigenvalue weighted by Gasteiger charge is -2.36. The predicted molar refractivity (Wildman–Crippen MR) is 76.3 cm³/mol. The number of hydrogen-bond acceptors (Lipinski definition) is 2. The molecule has 5 nitrogen and oxygen atoms in total. The number of piperidine rings is 1. The molecule has 0 bridgehead atoms. The van der Waals surface area contributed by atoms with Crippen LogP contribution in [0.2, 0.25) is 10.2 Å². The van der Waals surface area contributed by atoms with E-state index in [4.69, 9.17) is 23.2 Å². The van der Waals surface area contributed by atoms with Crippen LogP contribution < -0.4 is 0 Å². The van der Waals surface area contributed by atoms with Gasteiger partial charge in [0.2, 0.25) is 0 Å². The van der Waals surface area contributed by atoms with Gasteiger partial charge in [-0.2, -0.15) is 0 Å². The number of likely N-dealkylation sites (tertiary alicyclic amines) is 1. The van der Waals surface area contributed by atoms with Gasteiger partial charge in [-0.3, -0.25) is 4.79 Å². The zero-order valence-electron chi connectivity index (χ0n) is 11.0. The standard InChI is InChI=1S/C13H16Cl2N2O3/c1-2-7-3-4-17(10(5-7)13(19)20)12(18)9-6-8(14)11(15)16-9/h6-7,10,16H,2-5H2,1H3,(H,19,20). The number of aromatic amines is 1. The summed E-state index contributed by atoms with van der Waals surface area (Å²) < 4.78 is 0. The van der Waals surface area contributed by atoms with Crippen LogP contribution in [0, 0.1) is 5.92 Å². The van der Waals surface area contributed by atoms with Crippen LogP contribution in [0.25, 0.3) is 0 Å². The molecule has 1 aliphatic heterocycles. The molecular weight excluding hydrogens is 303 g/mol. The average molecular weight is 319 g/mol. The van der Waals surface area contributed by atoms with Crippen LogP contribution in [0.1, 0.15) is 36.7 Å². The summed E-state index contributed by atoms with van der Waals surface area (Å²) in [6, 6.07) is 0.638. The zero-order valence-corrected chi connectivity index (χ0v) is 12.5. The topological polar surface area (TPSA) is 73.4 Å². The second kappa shape index (κ2) is 6.06. The maximum absolute atomic E-state index is 12.4. The van der Waals surface area contributed by atoms with E-state index in [9.17, 15) is 14.7 Å². The Hall–Kier alpha value is -1.20. The van der Waals surface area contributed by atoms with Gasteiger partial charge in [-0.25, -0.2) is 4.79 Å². The minimum Gasteiger partial charge on any atom is -0.480 e. The minimum absolute atomic E-state index is 0.185. The second-order valence-corrected chi connectivity index (χ2v) is 5.78. The molecule has 2 N–H and O–H groups in total. The van der Waals surface area contributed by atoms with Crippen LogP contribution in [0.15, 0.2) is 6.07 Å². The minimum atomic E-state index is -0.972. The summed E-state index contributed by atoms with van der Waals surface area (Å²) in [5, 5.41) is 9.76. The van der Waals surface area contributed by atoms with Crippen LogP contribution in [-0.2, 0) is 4.79 Å². The van der Waals surface area contributed by atoms with Crippen molar-refractivity contribution < 1.29 is 14.7 Å². The summed E-state index contributed by atoms with van der Waals surface area (Å²) in [7, 11) is 0. The van der Waals surface area contributed by atoms with Crippen molar-refractivity contribution in [3.05, 3.63) is 21.9 Å². The van der Waals surface area contributed by atoms with Gasteiger partial charge in [0, 0.05) is 6.54 Å². The van der Waals surface area contributed by atoms with E-state index in [1.54, 1.807) is 0 Å². The summed E-state index contributed by atoms with van der Waals surface area (Å²) in [6.07, 6.45) is 2.22. The van der Waals surface area contributed by atoms with Crippen LogP contribution >= 0.6 is 23.2 Å². The van der Waals surface area contributed by atoms with Crippen molar-refractivity contribution in [2.75, 3.05) is 6.54 Å². The van der Waals surface area contributed by atoms with Gasteiger partial charge < -0.3 is 15.0 Å². The molecule has 0 radical (unpaired) electrons. The molecule has 2 unspecified atom stereocenters. The van der Waals surface area contributed by atoms with Crippen LogP contribution in [0.4, 0.5) is 0 Å². The number of H-pyrrole nitrogens is 1. The number of carbonyl (C=O) groups excluding carboxylic acids is 1. The molecule has 0 aromatic carbocycles. The van der Waals surface area contributed by atoms with Crippen molar-refractivity contribution in [1.82, 2.24) is 9.88 Å². The summed E-state index contributed by atoms with van der Waals surface area (Å²) in [5.74, 6) is -1.00. The summed E-state index contributed by atoms with van der Waals surface area (Å²) in [4.78, 5) is 27.8. The van der Waals surface area contributed by atoms with Gasteiger partial charge in [0.15, 0.2) is 0 Å². The smallest absolute Gasteiger partial charge is 0.326 e. The zero-order chi connectivity index (χ0) is 14.9. The van der Waals surface area contributed by atoms with Crippen molar-refractivity contribution in [3.63, 3.8) is 0 Å². The predicted octanol–water partition coefficient (Wildman–Crippen LogP) is 3.04. The second-order valence-electron chi connectivity index (χ2n) is 5.00. The molecule has 1 amide bonds. The van der Waals surface area contributed by atoms with E-state index >= 15 is 0 Å². The summed E-state index contributed by atoms with van der Waals surface area (Å²) in [6.45, 7) is 2.47. The highest BCUT2D eigenvalue weighted by molar-refractivity contribution is 6.41. The van der Waals surface area contributed by atoms with Crippen molar-refractivity contribution in [3.8, 4) is 0 Å². The summed E-state index contributed by atoms with van der Waals surface area (Å²) in [5.41, 5.74) is 0.223. The number of carboxylic acid groups (broad SMARTS) is 1. The third-order valence-corrected chi connectivity index (χ3v) is 4.48. The molecule has 1 aromatic rings. The first-order valence-electron chi connectivity index (χ1n) is 6.51. The monoisotopic (exact) mass is 318 g/mol. The number of amides is 1. The third-order valence-electron chi connectivity index (χ3n) is 3.79.